The zero-order valence-corrected chi connectivity index (χ0v) is 13.9. The second kappa shape index (κ2) is 7.01. The molecule has 0 heterocycles. The Morgan fingerprint density at radius 2 is 1.78 bits per heavy atom. The predicted octanol–water partition coefficient (Wildman–Crippen LogP) is 3.43. The third-order valence-electron chi connectivity index (χ3n) is 2.90. The van der Waals surface area contributed by atoms with Crippen molar-refractivity contribution in [1.29, 1.82) is 5.26 Å². The van der Waals surface area contributed by atoms with Crippen LogP contribution in [0.2, 0.25) is 10.0 Å². The van der Waals surface area contributed by atoms with Gasteiger partial charge in [-0.15, -0.1) is 0 Å². The van der Waals surface area contributed by atoms with Crippen LogP contribution < -0.4 is 4.72 Å². The van der Waals surface area contributed by atoms with E-state index in [9.17, 15) is 13.2 Å². The van der Waals surface area contributed by atoms with Crippen LogP contribution in [-0.2, 0) is 21.2 Å². The Bertz CT molecular complexity index is 888. The smallest absolute Gasteiger partial charge is 0.263 e. The summed E-state index contributed by atoms with van der Waals surface area (Å²) in [7, 11) is -3.89. The van der Waals surface area contributed by atoms with Gasteiger partial charge in [0.25, 0.3) is 10.0 Å². The van der Waals surface area contributed by atoms with Gasteiger partial charge in [-0.1, -0.05) is 41.4 Å². The number of benzene rings is 2. The Kier molecular flexibility index (Phi) is 5.26. The minimum atomic E-state index is -3.89. The number of sulfonamides is 1. The largest absolute Gasteiger partial charge is 0.282 e. The van der Waals surface area contributed by atoms with Gasteiger partial charge in [0.15, 0.2) is 0 Å². The molecule has 0 fully saturated rings. The third kappa shape index (κ3) is 4.23. The van der Waals surface area contributed by atoms with E-state index in [0.29, 0.717) is 11.3 Å². The van der Waals surface area contributed by atoms with E-state index in [4.69, 9.17) is 28.5 Å². The van der Waals surface area contributed by atoms with E-state index >= 15 is 0 Å². The van der Waals surface area contributed by atoms with Gasteiger partial charge < -0.3 is 0 Å². The lowest BCUT2D eigenvalue weighted by Crippen LogP contribution is -2.13. The second-order valence-electron chi connectivity index (χ2n) is 4.57. The van der Waals surface area contributed by atoms with Crippen molar-refractivity contribution < 1.29 is 13.2 Å². The Hall–Kier alpha value is -2.07. The number of nitrogens with zero attached hydrogens (tertiary/aromatic N) is 1. The van der Waals surface area contributed by atoms with Crippen LogP contribution in [0.25, 0.3) is 0 Å². The van der Waals surface area contributed by atoms with E-state index < -0.39 is 15.8 Å². The highest BCUT2D eigenvalue weighted by Crippen LogP contribution is 2.30. The molecule has 0 amide bonds. The van der Waals surface area contributed by atoms with Crippen molar-refractivity contribution in [2.45, 2.75) is 11.3 Å². The molecule has 2 rings (SSSR count). The van der Waals surface area contributed by atoms with E-state index in [0.717, 1.165) is 0 Å². The number of nitriles is 1. The number of halogens is 2. The third-order valence-corrected chi connectivity index (χ3v) is 5.26. The summed E-state index contributed by atoms with van der Waals surface area (Å²) in [5.41, 5.74) is 0.912. The van der Waals surface area contributed by atoms with Crippen LogP contribution in [0.4, 0.5) is 5.69 Å². The summed E-state index contributed by atoms with van der Waals surface area (Å²) >= 11 is 11.7. The molecule has 0 saturated heterocycles. The molecule has 0 saturated carbocycles. The summed E-state index contributed by atoms with van der Waals surface area (Å²) in [5, 5.41) is 8.54. The number of anilines is 1. The topological polar surface area (TPSA) is 87.0 Å². The van der Waals surface area contributed by atoms with Crippen LogP contribution in [0.1, 0.15) is 5.56 Å². The van der Waals surface area contributed by atoms with Crippen LogP contribution in [-0.4, -0.2) is 14.2 Å². The average molecular weight is 369 g/mol. The Morgan fingerprint density at radius 3 is 2.39 bits per heavy atom. The molecular weight excluding hydrogens is 359 g/mol. The first-order chi connectivity index (χ1) is 10.8. The fourth-order valence-corrected chi connectivity index (χ4v) is 3.64. The van der Waals surface area contributed by atoms with Gasteiger partial charge in [0.05, 0.1) is 10.0 Å². The molecule has 23 heavy (non-hydrogen) atoms. The first-order valence-electron chi connectivity index (χ1n) is 6.32. The fourth-order valence-electron chi connectivity index (χ4n) is 1.82. The Balaban J connectivity index is 2.23. The molecule has 2 aromatic rings. The maximum absolute atomic E-state index is 12.3. The molecule has 0 aliphatic rings. The lowest BCUT2D eigenvalue weighted by Gasteiger charge is -2.10. The summed E-state index contributed by atoms with van der Waals surface area (Å²) in [6, 6.07) is 12.0. The number of rotatable bonds is 5. The summed E-state index contributed by atoms with van der Waals surface area (Å²) < 4.78 is 27.0. The van der Waals surface area contributed by atoms with Crippen LogP contribution in [0.3, 0.4) is 0 Å². The van der Waals surface area contributed by atoms with Gasteiger partial charge in [-0.2, -0.15) is 5.26 Å². The normalized spacial score (nSPS) is 10.8. The number of hydrogen-bond acceptors (Lipinski definition) is 4. The molecule has 118 valence electrons. The number of carbonyl (C=O) groups is 1. The maximum Gasteiger partial charge on any atom is 0.263 e. The lowest BCUT2D eigenvalue weighted by atomic mass is 10.1. The van der Waals surface area contributed by atoms with Crippen LogP contribution in [0.15, 0.2) is 47.4 Å². The summed E-state index contributed by atoms with van der Waals surface area (Å²) in [4.78, 5) is 10.9. The molecule has 0 bridgehead atoms. The van der Waals surface area contributed by atoms with Gasteiger partial charge in [-0.25, -0.2) is 8.42 Å². The van der Waals surface area contributed by atoms with Crippen molar-refractivity contribution in [2.24, 2.45) is 0 Å². The highest BCUT2D eigenvalue weighted by atomic mass is 35.5. The summed E-state index contributed by atoms with van der Waals surface area (Å²) in [6.45, 7) is 0. The number of ketones is 1. The monoisotopic (exact) mass is 368 g/mol. The molecule has 0 radical (unpaired) electrons. The summed E-state index contributed by atoms with van der Waals surface area (Å²) in [5.74, 6) is -0.566. The summed E-state index contributed by atoms with van der Waals surface area (Å²) in [6.07, 6.45) is -0.0242. The predicted molar refractivity (Wildman–Crippen MR) is 88.0 cm³/mol. The van der Waals surface area contributed by atoms with Gasteiger partial charge in [0.2, 0.25) is 5.78 Å². The van der Waals surface area contributed by atoms with Crippen molar-refractivity contribution in [3.05, 3.63) is 58.1 Å². The fraction of sp³-hybridized carbons (Fsp3) is 0.0667. The first kappa shape index (κ1) is 17.3. The molecule has 0 atom stereocenters. The molecule has 0 spiro atoms. The molecule has 0 aliphatic carbocycles. The Morgan fingerprint density at radius 1 is 1.13 bits per heavy atom. The van der Waals surface area contributed by atoms with Gasteiger partial charge in [0.1, 0.15) is 11.0 Å². The van der Waals surface area contributed by atoms with Gasteiger partial charge >= 0.3 is 0 Å². The van der Waals surface area contributed by atoms with E-state index in [1.807, 2.05) is 0 Å². The number of nitrogens with one attached hydrogen (secondary N) is 1. The van der Waals surface area contributed by atoms with Crippen molar-refractivity contribution in [3.63, 3.8) is 0 Å². The number of Topliss-reactive ketones (excluding diaryl/α,β-unsaturated/α-hetero) is 1. The highest BCUT2D eigenvalue weighted by molar-refractivity contribution is 7.92. The van der Waals surface area contributed by atoms with E-state index in [-0.39, 0.29) is 21.4 Å². The van der Waals surface area contributed by atoms with E-state index in [1.165, 1.54) is 36.4 Å². The maximum atomic E-state index is 12.3. The standard InChI is InChI=1S/C15H10Cl2N2O3S/c16-13-2-1-3-14(15(13)17)23(21,22)19-11-6-4-10(5-7-11)8-12(20)9-18/h1-7,19H,8H2. The van der Waals surface area contributed by atoms with Gasteiger partial charge in [-0.3, -0.25) is 9.52 Å². The molecule has 5 nitrogen and oxygen atoms in total. The zero-order chi connectivity index (χ0) is 17.0. The number of carbonyl (C=O) groups excluding carboxylic acids is 1. The average Bonchev–Trinajstić information content (AvgIpc) is 2.51. The van der Waals surface area contributed by atoms with Crippen LogP contribution >= 0.6 is 23.2 Å². The van der Waals surface area contributed by atoms with Gasteiger partial charge in [0, 0.05) is 12.1 Å². The molecular formula is C15H10Cl2N2O3S. The van der Waals surface area contributed by atoms with Crippen molar-refractivity contribution >= 4 is 44.7 Å². The van der Waals surface area contributed by atoms with Crippen LogP contribution in [0.5, 0.6) is 0 Å². The minimum absolute atomic E-state index is 0.0242. The van der Waals surface area contributed by atoms with Gasteiger partial charge in [-0.05, 0) is 29.8 Å². The molecule has 2 aromatic carbocycles. The molecule has 0 aromatic heterocycles. The second-order valence-corrected chi connectivity index (χ2v) is 7.00. The molecule has 1 N–H and O–H groups in total. The zero-order valence-electron chi connectivity index (χ0n) is 11.6. The number of hydrogen-bond donors (Lipinski definition) is 1. The molecule has 8 heteroatoms. The van der Waals surface area contributed by atoms with Crippen LogP contribution in [0, 0.1) is 11.3 Å². The SMILES string of the molecule is N#CC(=O)Cc1ccc(NS(=O)(=O)c2cccc(Cl)c2Cl)cc1. The Labute approximate surface area is 143 Å². The quantitative estimate of drug-likeness (QED) is 0.818. The lowest BCUT2D eigenvalue weighted by molar-refractivity contribution is -0.113. The first-order valence-corrected chi connectivity index (χ1v) is 8.56. The molecule has 0 unspecified atom stereocenters. The van der Waals surface area contributed by atoms with Crippen molar-refractivity contribution in [3.8, 4) is 6.07 Å². The minimum Gasteiger partial charge on any atom is -0.282 e. The van der Waals surface area contributed by atoms with E-state index in [2.05, 4.69) is 4.72 Å². The van der Waals surface area contributed by atoms with E-state index in [1.54, 1.807) is 12.1 Å². The van der Waals surface area contributed by atoms with Crippen molar-refractivity contribution in [1.82, 2.24) is 0 Å². The molecule has 0 aliphatic heterocycles. The van der Waals surface area contributed by atoms with Crippen molar-refractivity contribution in [2.75, 3.05) is 4.72 Å². The highest BCUT2D eigenvalue weighted by Gasteiger charge is 2.19.